The first-order valence-electron chi connectivity index (χ1n) is 19.9. The van der Waals surface area contributed by atoms with E-state index in [0.717, 1.165) is 66.8 Å². The first-order valence-corrected chi connectivity index (χ1v) is 19.9. The largest absolute Gasteiger partial charge is 0.208 e. The maximum absolute atomic E-state index is 5.25. The summed E-state index contributed by atoms with van der Waals surface area (Å²) in [5, 5.41) is 0. The Morgan fingerprint density at radius 2 is 0.433 bits per heavy atom. The van der Waals surface area contributed by atoms with Gasteiger partial charge in [0, 0.05) is 33.4 Å². The van der Waals surface area contributed by atoms with E-state index in [4.69, 9.17) is 29.9 Å². The van der Waals surface area contributed by atoms with Gasteiger partial charge in [-0.2, -0.15) is 0 Å². The first-order chi connectivity index (χ1) is 29.7. The minimum absolute atomic E-state index is 0.583. The predicted octanol–water partition coefficient (Wildman–Crippen LogP) is 13.1. The van der Waals surface area contributed by atoms with Crippen molar-refractivity contribution in [3.8, 4) is 102 Å². The molecular weight excluding hydrogens is 733 g/mol. The Hall–Kier alpha value is -8.22. The molecule has 0 aliphatic carbocycles. The van der Waals surface area contributed by atoms with Crippen molar-refractivity contribution in [3.63, 3.8) is 0 Å². The number of benzene rings is 8. The van der Waals surface area contributed by atoms with Crippen LogP contribution in [0, 0.1) is 0 Å². The SMILES string of the molecule is c1ccc(-c2nc(-c3ccccc3)nc(-c3ccc(-c4ccccc4-c4nc(-c5ccccc5)nc(-c5ccccc5-c5ccccc5)n4)cc3-c3ccccc3)n2)cc1. The second kappa shape index (κ2) is 16.3. The molecule has 0 aliphatic rings. The second-order valence-electron chi connectivity index (χ2n) is 14.3. The molecule has 10 rings (SSSR count). The molecule has 0 bridgehead atoms. The van der Waals surface area contributed by atoms with Gasteiger partial charge in [0.15, 0.2) is 34.9 Å². The standard InChI is InChI=1S/C54H36N6/c1-6-20-37(21-7-1)43-30-16-18-32-45(43)52-58-51(41-28-14-5-15-29-41)59-53(60-52)46-33-19-17-31-44(46)42-34-35-47(48(36-42)38-22-8-2-9-23-38)54-56-49(39-24-10-3-11-25-39)55-50(57-54)40-26-12-4-13-27-40/h1-36H. The molecule has 0 saturated carbocycles. The number of rotatable bonds is 9. The quantitative estimate of drug-likeness (QED) is 0.145. The molecule has 6 nitrogen and oxygen atoms in total. The van der Waals surface area contributed by atoms with E-state index < -0.39 is 0 Å². The van der Waals surface area contributed by atoms with Crippen LogP contribution in [0.1, 0.15) is 0 Å². The van der Waals surface area contributed by atoms with Crippen LogP contribution < -0.4 is 0 Å². The first kappa shape index (κ1) is 36.1. The van der Waals surface area contributed by atoms with Crippen molar-refractivity contribution >= 4 is 0 Å². The van der Waals surface area contributed by atoms with Crippen LogP contribution >= 0.6 is 0 Å². The van der Waals surface area contributed by atoms with Gasteiger partial charge in [-0.15, -0.1) is 0 Å². The molecule has 0 spiro atoms. The lowest BCUT2D eigenvalue weighted by atomic mass is 9.92. The van der Waals surface area contributed by atoms with Crippen LogP contribution in [0.15, 0.2) is 218 Å². The summed E-state index contributed by atoms with van der Waals surface area (Å²) in [5.74, 6) is 3.61. The highest BCUT2D eigenvalue weighted by molar-refractivity contribution is 5.90. The monoisotopic (exact) mass is 768 g/mol. The minimum Gasteiger partial charge on any atom is -0.208 e. The van der Waals surface area contributed by atoms with Crippen molar-refractivity contribution in [1.29, 1.82) is 0 Å². The van der Waals surface area contributed by atoms with Crippen molar-refractivity contribution in [3.05, 3.63) is 218 Å². The third-order valence-corrected chi connectivity index (χ3v) is 10.4. The van der Waals surface area contributed by atoms with E-state index in [2.05, 4.69) is 103 Å². The average molecular weight is 769 g/mol. The van der Waals surface area contributed by atoms with Crippen LogP contribution in [0.3, 0.4) is 0 Å². The fourth-order valence-electron chi connectivity index (χ4n) is 7.50. The highest BCUT2D eigenvalue weighted by Crippen LogP contribution is 2.39. The zero-order chi connectivity index (χ0) is 40.1. The number of hydrogen-bond donors (Lipinski definition) is 0. The molecule has 6 heteroatoms. The molecule has 0 atom stereocenters. The molecule has 0 unspecified atom stereocenters. The normalized spacial score (nSPS) is 11.0. The van der Waals surface area contributed by atoms with E-state index >= 15 is 0 Å². The van der Waals surface area contributed by atoms with Gasteiger partial charge in [0.1, 0.15) is 0 Å². The number of hydrogen-bond acceptors (Lipinski definition) is 6. The molecule has 0 aliphatic heterocycles. The molecule has 0 amide bonds. The van der Waals surface area contributed by atoms with Crippen LogP contribution in [0.4, 0.5) is 0 Å². The molecule has 0 saturated heterocycles. The Morgan fingerprint density at radius 1 is 0.167 bits per heavy atom. The van der Waals surface area contributed by atoms with Crippen LogP contribution in [0.5, 0.6) is 0 Å². The van der Waals surface area contributed by atoms with E-state index in [-0.39, 0.29) is 0 Å². The zero-order valence-corrected chi connectivity index (χ0v) is 32.5. The third-order valence-electron chi connectivity index (χ3n) is 10.4. The van der Waals surface area contributed by atoms with Crippen molar-refractivity contribution in [2.45, 2.75) is 0 Å². The van der Waals surface area contributed by atoms with E-state index in [9.17, 15) is 0 Å². The zero-order valence-electron chi connectivity index (χ0n) is 32.5. The van der Waals surface area contributed by atoms with Gasteiger partial charge in [-0.3, -0.25) is 0 Å². The molecule has 0 fully saturated rings. The Morgan fingerprint density at radius 3 is 0.833 bits per heavy atom. The summed E-state index contributed by atoms with van der Waals surface area (Å²) in [4.78, 5) is 30.7. The summed E-state index contributed by atoms with van der Waals surface area (Å²) in [6.07, 6.45) is 0. The topological polar surface area (TPSA) is 77.3 Å². The van der Waals surface area contributed by atoms with Crippen molar-refractivity contribution in [2.24, 2.45) is 0 Å². The number of nitrogens with zero attached hydrogens (tertiary/aromatic N) is 6. The van der Waals surface area contributed by atoms with Gasteiger partial charge in [0.05, 0.1) is 0 Å². The molecule has 0 N–H and O–H groups in total. The molecule has 2 aromatic heterocycles. The van der Waals surface area contributed by atoms with Gasteiger partial charge in [-0.1, -0.05) is 206 Å². The van der Waals surface area contributed by atoms with E-state index in [1.807, 2.05) is 115 Å². The highest BCUT2D eigenvalue weighted by atomic mass is 15.0. The van der Waals surface area contributed by atoms with Crippen LogP contribution in [-0.4, -0.2) is 29.9 Å². The van der Waals surface area contributed by atoms with Gasteiger partial charge in [-0.05, 0) is 45.5 Å². The van der Waals surface area contributed by atoms with Crippen molar-refractivity contribution < 1.29 is 0 Å². The molecule has 2 heterocycles. The Balaban J connectivity index is 1.15. The maximum atomic E-state index is 5.25. The Labute approximate surface area is 348 Å². The van der Waals surface area contributed by atoms with Crippen LogP contribution in [-0.2, 0) is 0 Å². The lowest BCUT2D eigenvalue weighted by molar-refractivity contribution is 1.07. The molecular formula is C54H36N6. The Bertz CT molecular complexity index is 3010. The minimum atomic E-state index is 0.583. The molecule has 0 radical (unpaired) electrons. The average Bonchev–Trinajstić information content (AvgIpc) is 3.35. The van der Waals surface area contributed by atoms with Gasteiger partial charge < -0.3 is 0 Å². The van der Waals surface area contributed by atoms with E-state index in [1.54, 1.807) is 0 Å². The predicted molar refractivity (Wildman–Crippen MR) is 242 cm³/mol. The number of aromatic nitrogens is 6. The summed E-state index contributed by atoms with van der Waals surface area (Å²) in [5.41, 5.74) is 11.6. The maximum Gasteiger partial charge on any atom is 0.164 e. The van der Waals surface area contributed by atoms with Crippen LogP contribution in [0.2, 0.25) is 0 Å². The van der Waals surface area contributed by atoms with Crippen LogP contribution in [0.25, 0.3) is 102 Å². The fourth-order valence-corrected chi connectivity index (χ4v) is 7.50. The Kier molecular flexibility index (Phi) is 9.84. The summed E-state index contributed by atoms with van der Waals surface area (Å²) >= 11 is 0. The van der Waals surface area contributed by atoms with E-state index in [1.165, 1.54) is 0 Å². The molecule has 10 aromatic rings. The molecule has 282 valence electrons. The smallest absolute Gasteiger partial charge is 0.164 e. The summed E-state index contributed by atoms with van der Waals surface area (Å²) in [7, 11) is 0. The van der Waals surface area contributed by atoms with Crippen molar-refractivity contribution in [2.75, 3.05) is 0 Å². The van der Waals surface area contributed by atoms with Crippen molar-refractivity contribution in [1.82, 2.24) is 29.9 Å². The lowest BCUT2D eigenvalue weighted by Gasteiger charge is -2.16. The summed E-state index contributed by atoms with van der Waals surface area (Å²) in [6, 6.07) is 74.1. The summed E-state index contributed by atoms with van der Waals surface area (Å²) in [6.45, 7) is 0. The molecule has 8 aromatic carbocycles. The van der Waals surface area contributed by atoms with Gasteiger partial charge >= 0.3 is 0 Å². The van der Waals surface area contributed by atoms with Gasteiger partial charge in [-0.25, -0.2) is 29.9 Å². The fraction of sp³-hybridized carbons (Fsp3) is 0. The van der Waals surface area contributed by atoms with E-state index in [0.29, 0.717) is 34.9 Å². The second-order valence-corrected chi connectivity index (χ2v) is 14.3. The highest BCUT2D eigenvalue weighted by Gasteiger charge is 2.20. The third kappa shape index (κ3) is 7.37. The van der Waals surface area contributed by atoms with Gasteiger partial charge in [0.2, 0.25) is 0 Å². The lowest BCUT2D eigenvalue weighted by Crippen LogP contribution is -2.02. The summed E-state index contributed by atoms with van der Waals surface area (Å²) < 4.78 is 0. The van der Waals surface area contributed by atoms with Gasteiger partial charge in [0.25, 0.3) is 0 Å². The molecule has 60 heavy (non-hydrogen) atoms.